The van der Waals surface area contributed by atoms with Gasteiger partial charge in [0.05, 0.1) is 7.11 Å². The predicted molar refractivity (Wildman–Crippen MR) is 91.2 cm³/mol. The average Bonchev–Trinajstić information content (AvgIpc) is 2.93. The van der Waals surface area contributed by atoms with E-state index < -0.39 is 5.97 Å². The number of methoxy groups -OCH3 is 1. The molecule has 4 nitrogen and oxygen atoms in total. The van der Waals surface area contributed by atoms with Crippen molar-refractivity contribution < 1.29 is 19.4 Å². The first-order valence-corrected chi connectivity index (χ1v) is 8.04. The van der Waals surface area contributed by atoms with Crippen LogP contribution in [0.5, 0.6) is 17.2 Å². The molecular weight excluding hydrogens is 312 g/mol. The van der Waals surface area contributed by atoms with E-state index in [4.69, 9.17) is 9.47 Å². The molecule has 0 aliphatic rings. The molecule has 0 unspecified atom stereocenters. The third kappa shape index (κ3) is 3.00. The van der Waals surface area contributed by atoms with Crippen molar-refractivity contribution in [2.24, 2.45) is 0 Å². The van der Waals surface area contributed by atoms with Crippen LogP contribution in [-0.2, 0) is 6.42 Å². The Morgan fingerprint density at radius 2 is 2.00 bits per heavy atom. The number of hydrogen-bond acceptors (Lipinski definition) is 4. The van der Waals surface area contributed by atoms with Gasteiger partial charge in [0, 0.05) is 10.1 Å². The Bertz CT molecular complexity index is 867. The van der Waals surface area contributed by atoms with Gasteiger partial charge in [0.25, 0.3) is 0 Å². The van der Waals surface area contributed by atoms with Gasteiger partial charge in [-0.2, -0.15) is 0 Å². The lowest BCUT2D eigenvalue weighted by Gasteiger charge is -2.08. The molecule has 0 amide bonds. The minimum Gasteiger partial charge on any atom is -0.497 e. The van der Waals surface area contributed by atoms with Crippen LogP contribution in [0.1, 0.15) is 22.2 Å². The number of ether oxygens (including phenoxy) is 2. The average molecular weight is 328 g/mol. The summed E-state index contributed by atoms with van der Waals surface area (Å²) >= 11 is 1.20. The summed E-state index contributed by atoms with van der Waals surface area (Å²) in [4.78, 5) is 11.7. The molecule has 3 aromatic rings. The van der Waals surface area contributed by atoms with Crippen molar-refractivity contribution in [3.63, 3.8) is 0 Å². The first-order chi connectivity index (χ1) is 11.1. The SMILES string of the molecule is CCc1cccc(Oc2c(C(=O)O)sc3ccc(OC)cc23)c1. The molecule has 5 heteroatoms. The molecule has 0 saturated carbocycles. The van der Waals surface area contributed by atoms with E-state index in [1.165, 1.54) is 11.3 Å². The fourth-order valence-corrected chi connectivity index (χ4v) is 3.32. The Balaban J connectivity index is 2.13. The number of aryl methyl sites for hydroxylation is 1. The molecule has 1 aromatic heterocycles. The summed E-state index contributed by atoms with van der Waals surface area (Å²) in [6.45, 7) is 2.06. The van der Waals surface area contributed by atoms with E-state index in [9.17, 15) is 9.90 Å². The Hall–Kier alpha value is -2.53. The van der Waals surface area contributed by atoms with Gasteiger partial charge in [-0.25, -0.2) is 4.79 Å². The van der Waals surface area contributed by atoms with Crippen molar-refractivity contribution in [3.05, 3.63) is 52.9 Å². The van der Waals surface area contributed by atoms with Crippen LogP contribution in [0.2, 0.25) is 0 Å². The molecule has 0 aliphatic heterocycles. The molecule has 118 valence electrons. The molecule has 0 aliphatic carbocycles. The maximum atomic E-state index is 11.6. The van der Waals surface area contributed by atoms with E-state index >= 15 is 0 Å². The molecular formula is C18H16O4S. The lowest BCUT2D eigenvalue weighted by atomic mass is 10.1. The van der Waals surface area contributed by atoms with Gasteiger partial charge in [-0.15, -0.1) is 11.3 Å². The van der Waals surface area contributed by atoms with Crippen molar-refractivity contribution in [3.8, 4) is 17.2 Å². The summed E-state index contributed by atoms with van der Waals surface area (Å²) in [6, 6.07) is 13.1. The molecule has 0 fully saturated rings. The lowest BCUT2D eigenvalue weighted by Crippen LogP contribution is -1.96. The number of aromatic carboxylic acids is 1. The molecule has 0 atom stereocenters. The number of carboxylic acids is 1. The summed E-state index contributed by atoms with van der Waals surface area (Å²) in [6.07, 6.45) is 0.890. The van der Waals surface area contributed by atoms with Gasteiger partial charge >= 0.3 is 5.97 Å². The molecule has 2 aromatic carbocycles. The van der Waals surface area contributed by atoms with Gasteiger partial charge in [0.15, 0.2) is 10.6 Å². The number of rotatable bonds is 5. The Labute approximate surface area is 137 Å². The molecule has 0 radical (unpaired) electrons. The topological polar surface area (TPSA) is 55.8 Å². The maximum absolute atomic E-state index is 11.6. The molecule has 0 bridgehead atoms. The summed E-state index contributed by atoms with van der Waals surface area (Å²) in [5.74, 6) is 0.672. The van der Waals surface area contributed by atoms with E-state index in [-0.39, 0.29) is 4.88 Å². The number of hydrogen-bond donors (Lipinski definition) is 1. The van der Waals surface area contributed by atoms with Crippen LogP contribution in [0, 0.1) is 0 Å². The highest BCUT2D eigenvalue weighted by Gasteiger charge is 2.20. The third-order valence-electron chi connectivity index (χ3n) is 3.57. The van der Waals surface area contributed by atoms with Gasteiger partial charge in [-0.05, 0) is 42.3 Å². The normalized spacial score (nSPS) is 10.7. The largest absolute Gasteiger partial charge is 0.497 e. The summed E-state index contributed by atoms with van der Waals surface area (Å²) in [7, 11) is 1.58. The van der Waals surface area contributed by atoms with Crippen molar-refractivity contribution in [2.45, 2.75) is 13.3 Å². The van der Waals surface area contributed by atoms with Crippen molar-refractivity contribution in [1.82, 2.24) is 0 Å². The van der Waals surface area contributed by atoms with Crippen LogP contribution < -0.4 is 9.47 Å². The second kappa shape index (κ2) is 6.30. The van der Waals surface area contributed by atoms with E-state index in [0.717, 1.165) is 22.1 Å². The fraction of sp³-hybridized carbons (Fsp3) is 0.167. The van der Waals surface area contributed by atoms with Gasteiger partial charge in [0.1, 0.15) is 11.5 Å². The van der Waals surface area contributed by atoms with Crippen molar-refractivity contribution >= 4 is 27.4 Å². The number of fused-ring (bicyclic) bond motifs is 1. The zero-order chi connectivity index (χ0) is 16.4. The highest BCUT2D eigenvalue weighted by atomic mass is 32.1. The zero-order valence-electron chi connectivity index (χ0n) is 12.8. The van der Waals surface area contributed by atoms with Gasteiger partial charge in [-0.3, -0.25) is 0 Å². The van der Waals surface area contributed by atoms with Gasteiger partial charge in [0.2, 0.25) is 0 Å². The standard InChI is InChI=1S/C18H16O4S/c1-3-11-5-4-6-13(9-11)22-16-14-10-12(21-2)7-8-15(14)23-17(16)18(19)20/h4-10H,3H2,1-2H3,(H,19,20). The van der Waals surface area contributed by atoms with Crippen LogP contribution in [0.3, 0.4) is 0 Å². The minimum atomic E-state index is -0.994. The fourth-order valence-electron chi connectivity index (χ4n) is 2.37. The van der Waals surface area contributed by atoms with Crippen LogP contribution in [-0.4, -0.2) is 18.2 Å². The number of benzene rings is 2. The Kier molecular flexibility index (Phi) is 4.21. The third-order valence-corrected chi connectivity index (χ3v) is 4.71. The second-order valence-corrected chi connectivity index (χ2v) is 6.08. The summed E-state index contributed by atoms with van der Waals surface area (Å²) < 4.78 is 12.0. The lowest BCUT2D eigenvalue weighted by molar-refractivity contribution is 0.0700. The van der Waals surface area contributed by atoms with Crippen LogP contribution >= 0.6 is 11.3 Å². The van der Waals surface area contributed by atoms with Crippen molar-refractivity contribution in [2.75, 3.05) is 7.11 Å². The summed E-state index contributed by atoms with van der Waals surface area (Å²) in [5, 5.41) is 10.2. The van der Waals surface area contributed by atoms with Gasteiger partial charge in [-0.1, -0.05) is 19.1 Å². The second-order valence-electron chi connectivity index (χ2n) is 5.03. The maximum Gasteiger partial charge on any atom is 0.349 e. The predicted octanol–water partition coefficient (Wildman–Crippen LogP) is 4.96. The molecule has 1 heterocycles. The van der Waals surface area contributed by atoms with E-state index in [0.29, 0.717) is 17.2 Å². The van der Waals surface area contributed by atoms with Crippen LogP contribution in [0.4, 0.5) is 0 Å². The Morgan fingerprint density at radius 3 is 2.70 bits per heavy atom. The molecule has 23 heavy (non-hydrogen) atoms. The minimum absolute atomic E-state index is 0.190. The van der Waals surface area contributed by atoms with Crippen LogP contribution in [0.25, 0.3) is 10.1 Å². The Morgan fingerprint density at radius 1 is 1.17 bits per heavy atom. The highest BCUT2D eigenvalue weighted by Crippen LogP contribution is 2.41. The number of thiophene rings is 1. The van der Waals surface area contributed by atoms with Crippen LogP contribution in [0.15, 0.2) is 42.5 Å². The molecule has 1 N–H and O–H groups in total. The zero-order valence-corrected chi connectivity index (χ0v) is 13.6. The monoisotopic (exact) mass is 328 g/mol. The number of carbonyl (C=O) groups is 1. The van der Waals surface area contributed by atoms with Gasteiger partial charge < -0.3 is 14.6 Å². The number of carboxylic acid groups (broad SMARTS) is 1. The van der Waals surface area contributed by atoms with E-state index in [1.54, 1.807) is 13.2 Å². The molecule has 0 spiro atoms. The van der Waals surface area contributed by atoms with E-state index in [1.807, 2.05) is 36.4 Å². The van der Waals surface area contributed by atoms with Crippen molar-refractivity contribution in [1.29, 1.82) is 0 Å². The quantitative estimate of drug-likeness (QED) is 0.719. The first-order valence-electron chi connectivity index (χ1n) is 7.23. The smallest absolute Gasteiger partial charge is 0.349 e. The summed E-state index contributed by atoms with van der Waals surface area (Å²) in [5.41, 5.74) is 1.14. The molecule has 3 rings (SSSR count). The first kappa shape index (κ1) is 15.4. The van der Waals surface area contributed by atoms with E-state index in [2.05, 4.69) is 6.92 Å². The molecule has 0 saturated heterocycles. The highest BCUT2D eigenvalue weighted by molar-refractivity contribution is 7.21.